The minimum atomic E-state index is 0.720. The van der Waals surface area contributed by atoms with Gasteiger partial charge in [-0.25, -0.2) is 19.9 Å². The third kappa shape index (κ3) is 6.04. The third-order valence-corrected chi connectivity index (χ3v) is 11.7. The van der Waals surface area contributed by atoms with Crippen molar-refractivity contribution in [1.82, 2.24) is 29.1 Å². The Labute approximate surface area is 357 Å². The van der Waals surface area contributed by atoms with Crippen LogP contribution in [-0.2, 0) is 0 Å². The van der Waals surface area contributed by atoms with Crippen LogP contribution in [-0.4, -0.2) is 29.1 Å². The van der Waals surface area contributed by atoms with Crippen molar-refractivity contribution in [1.29, 1.82) is 0 Å². The molecule has 0 amide bonds. The van der Waals surface area contributed by atoms with E-state index in [1.165, 1.54) is 21.5 Å². The second kappa shape index (κ2) is 14.7. The molecule has 0 saturated heterocycles. The molecule has 0 aliphatic rings. The van der Waals surface area contributed by atoms with Gasteiger partial charge in [-0.15, -0.1) is 0 Å². The van der Waals surface area contributed by atoms with Gasteiger partial charge in [-0.3, -0.25) is 9.13 Å². The average Bonchev–Trinajstić information content (AvgIpc) is 3.87. The lowest BCUT2D eigenvalue weighted by Gasteiger charge is -2.14. The van der Waals surface area contributed by atoms with E-state index in [4.69, 9.17) is 19.9 Å². The molecule has 6 heteroatoms. The number of para-hydroxylation sites is 4. The van der Waals surface area contributed by atoms with Gasteiger partial charge in [0.15, 0.2) is 0 Å². The molecule has 6 aromatic carbocycles. The quantitative estimate of drug-likeness (QED) is 0.161. The highest BCUT2D eigenvalue weighted by Crippen LogP contribution is 2.37. The zero-order chi connectivity index (χ0) is 41.0. The van der Waals surface area contributed by atoms with Gasteiger partial charge in [-0.2, -0.15) is 0 Å². The van der Waals surface area contributed by atoms with E-state index < -0.39 is 0 Å². The molecule has 6 nitrogen and oxygen atoms in total. The molecule has 0 atom stereocenters. The molecule has 0 saturated carbocycles. The lowest BCUT2D eigenvalue weighted by molar-refractivity contribution is 1.07. The molecule has 0 bridgehead atoms. The molecule has 12 rings (SSSR count). The number of benzene rings is 6. The van der Waals surface area contributed by atoms with Gasteiger partial charge in [0.1, 0.15) is 11.6 Å². The summed E-state index contributed by atoms with van der Waals surface area (Å²) >= 11 is 0. The molecule has 0 fully saturated rings. The van der Waals surface area contributed by atoms with Crippen LogP contribution in [0.15, 0.2) is 218 Å². The van der Waals surface area contributed by atoms with Crippen molar-refractivity contribution in [3.63, 3.8) is 0 Å². The molecular weight excluding hydrogens is 757 g/mol. The minimum absolute atomic E-state index is 0.720. The molecule has 0 aliphatic heterocycles. The Kier molecular flexibility index (Phi) is 8.38. The first kappa shape index (κ1) is 35.5. The van der Waals surface area contributed by atoms with Crippen molar-refractivity contribution < 1.29 is 0 Å². The van der Waals surface area contributed by atoms with Crippen molar-refractivity contribution in [2.75, 3.05) is 0 Å². The van der Waals surface area contributed by atoms with Crippen molar-refractivity contribution in [2.24, 2.45) is 0 Å². The van der Waals surface area contributed by atoms with E-state index in [0.29, 0.717) is 0 Å². The van der Waals surface area contributed by atoms with Crippen molar-refractivity contribution in [3.05, 3.63) is 218 Å². The second-order valence-electron chi connectivity index (χ2n) is 15.5. The fraction of sp³-hybridized carbons (Fsp3) is 0. The van der Waals surface area contributed by atoms with Crippen LogP contribution < -0.4 is 0 Å². The Morgan fingerprint density at radius 2 is 0.581 bits per heavy atom. The van der Waals surface area contributed by atoms with E-state index in [1.807, 2.05) is 24.3 Å². The van der Waals surface area contributed by atoms with Gasteiger partial charge in [0.2, 0.25) is 0 Å². The maximum atomic E-state index is 5.38. The van der Waals surface area contributed by atoms with Crippen molar-refractivity contribution >= 4 is 43.6 Å². The largest absolute Gasteiger partial charge is 0.294 e. The van der Waals surface area contributed by atoms with Gasteiger partial charge in [0.25, 0.3) is 0 Å². The lowest BCUT2D eigenvalue weighted by Crippen LogP contribution is -2.01. The Hall–Kier alpha value is -8.48. The topological polar surface area (TPSA) is 61.4 Å². The average molecular weight is 793 g/mol. The summed E-state index contributed by atoms with van der Waals surface area (Å²) in [5.74, 6) is 1.63. The molecule has 6 heterocycles. The van der Waals surface area contributed by atoms with Crippen LogP contribution in [0.5, 0.6) is 0 Å². The Balaban J connectivity index is 1.08. The Bertz CT molecular complexity index is 3300. The highest BCUT2D eigenvalue weighted by Gasteiger charge is 2.18. The normalized spacial score (nSPS) is 11.5. The van der Waals surface area contributed by atoms with Crippen LogP contribution >= 0.6 is 0 Å². The summed E-state index contributed by atoms with van der Waals surface area (Å²) in [7, 11) is 0. The molecule has 0 unspecified atom stereocenters. The number of aromatic nitrogens is 6. The van der Waals surface area contributed by atoms with Gasteiger partial charge < -0.3 is 0 Å². The predicted octanol–water partition coefficient (Wildman–Crippen LogP) is 13.8. The zero-order valence-electron chi connectivity index (χ0n) is 33.5. The van der Waals surface area contributed by atoms with Gasteiger partial charge >= 0.3 is 0 Å². The van der Waals surface area contributed by atoms with Crippen molar-refractivity contribution in [3.8, 4) is 68.1 Å². The van der Waals surface area contributed by atoms with Crippen LogP contribution in [0.3, 0.4) is 0 Å². The summed E-state index contributed by atoms with van der Waals surface area (Å²) in [4.78, 5) is 21.5. The van der Waals surface area contributed by atoms with Crippen LogP contribution in [0, 0.1) is 0 Å². The molecule has 6 aromatic heterocycles. The minimum Gasteiger partial charge on any atom is -0.294 e. The Morgan fingerprint density at radius 3 is 1.03 bits per heavy atom. The molecule has 290 valence electrons. The molecule has 62 heavy (non-hydrogen) atoms. The van der Waals surface area contributed by atoms with Crippen LogP contribution in [0.25, 0.3) is 112 Å². The van der Waals surface area contributed by atoms with E-state index in [9.17, 15) is 0 Å². The van der Waals surface area contributed by atoms with E-state index in [0.717, 1.165) is 90.1 Å². The number of pyridine rings is 4. The first-order valence-electron chi connectivity index (χ1n) is 20.8. The van der Waals surface area contributed by atoms with E-state index in [2.05, 4.69) is 203 Å². The number of rotatable bonds is 7. The first-order chi connectivity index (χ1) is 30.7. The first-order valence-corrected chi connectivity index (χ1v) is 20.8. The summed E-state index contributed by atoms with van der Waals surface area (Å²) in [5, 5.41) is 4.74. The summed E-state index contributed by atoms with van der Waals surface area (Å²) < 4.78 is 4.49. The zero-order valence-corrected chi connectivity index (χ0v) is 33.5. The van der Waals surface area contributed by atoms with Gasteiger partial charge in [-0.05, 0) is 83.9 Å². The fourth-order valence-electron chi connectivity index (χ4n) is 8.89. The number of fused-ring (bicyclic) bond motifs is 6. The smallest absolute Gasteiger partial charge is 0.138 e. The number of nitrogens with zero attached hydrogens (tertiary/aromatic N) is 6. The maximum absolute atomic E-state index is 5.38. The van der Waals surface area contributed by atoms with Crippen molar-refractivity contribution in [2.45, 2.75) is 0 Å². The summed E-state index contributed by atoms with van der Waals surface area (Å²) in [6, 6.07) is 75.8. The molecule has 0 radical (unpaired) electrons. The van der Waals surface area contributed by atoms with Crippen LogP contribution in [0.2, 0.25) is 0 Å². The van der Waals surface area contributed by atoms with Crippen LogP contribution in [0.1, 0.15) is 0 Å². The van der Waals surface area contributed by atoms with Gasteiger partial charge in [-0.1, -0.05) is 146 Å². The maximum Gasteiger partial charge on any atom is 0.138 e. The van der Waals surface area contributed by atoms with Crippen LogP contribution in [0.4, 0.5) is 0 Å². The number of hydrogen-bond donors (Lipinski definition) is 0. The SMILES string of the molecule is c1ccc(-c2cc(-c3ccccc3)nc(-c3cc(-c4cccc(-n5c6ccccc6c6ccccc65)n4)nc(-c4cccc(-n5c6ccccc6c6ccccc65)n4)c3)c2)cc1. The Morgan fingerprint density at radius 1 is 0.226 bits per heavy atom. The standard InChI is InChI=1S/C56H36N6/c1-3-17-37(18-4-1)39-33-47(38-19-5-2-6-20-38)57-48(34-39)40-35-49(45-25-15-31-55(59-45)61-51-27-11-7-21-41(51)42-22-8-12-28-52(42)61)58-50(36-40)46-26-16-32-56(60-46)62-53-29-13-9-23-43(53)44-24-10-14-30-54(44)62/h1-36H. The molecule has 0 aliphatic carbocycles. The predicted molar refractivity (Wildman–Crippen MR) is 253 cm³/mol. The monoisotopic (exact) mass is 792 g/mol. The van der Waals surface area contributed by atoms with Gasteiger partial charge in [0.05, 0.1) is 56.2 Å². The molecule has 0 N–H and O–H groups in total. The van der Waals surface area contributed by atoms with Gasteiger partial charge in [0, 0.05) is 32.7 Å². The fourth-order valence-corrected chi connectivity index (χ4v) is 8.89. The third-order valence-electron chi connectivity index (χ3n) is 11.7. The lowest BCUT2D eigenvalue weighted by atomic mass is 9.99. The summed E-state index contributed by atoms with van der Waals surface area (Å²) in [6.07, 6.45) is 0. The summed E-state index contributed by atoms with van der Waals surface area (Å²) in [6.45, 7) is 0. The summed E-state index contributed by atoms with van der Waals surface area (Å²) in [5.41, 5.74) is 13.2. The molecule has 0 spiro atoms. The molecule has 12 aromatic rings. The highest BCUT2D eigenvalue weighted by atomic mass is 15.1. The molecular formula is C56H36N6. The highest BCUT2D eigenvalue weighted by molar-refractivity contribution is 6.10. The second-order valence-corrected chi connectivity index (χ2v) is 15.5. The number of hydrogen-bond acceptors (Lipinski definition) is 4. The van der Waals surface area contributed by atoms with E-state index in [1.54, 1.807) is 0 Å². The van der Waals surface area contributed by atoms with E-state index in [-0.39, 0.29) is 0 Å². The van der Waals surface area contributed by atoms with E-state index >= 15 is 0 Å².